The predicted molar refractivity (Wildman–Crippen MR) is 138 cm³/mol. The highest BCUT2D eigenvalue weighted by atomic mass is 127. The molecule has 1 aliphatic rings. The number of aliphatic hydroxyl groups excluding tert-OH is 1. The van der Waals surface area contributed by atoms with Crippen LogP contribution in [0.2, 0.25) is 0 Å². The van der Waals surface area contributed by atoms with Crippen molar-refractivity contribution in [3.63, 3.8) is 0 Å². The lowest BCUT2D eigenvalue weighted by molar-refractivity contribution is 0.108. The van der Waals surface area contributed by atoms with Crippen molar-refractivity contribution in [3.8, 4) is 0 Å². The van der Waals surface area contributed by atoms with Crippen LogP contribution in [0.1, 0.15) is 29.9 Å². The van der Waals surface area contributed by atoms with Gasteiger partial charge in [-0.05, 0) is 48.3 Å². The molecule has 2 atom stereocenters. The predicted octanol–water partition coefficient (Wildman–Crippen LogP) is 3.52. The van der Waals surface area contributed by atoms with E-state index in [1.165, 1.54) is 16.0 Å². The molecule has 5 nitrogen and oxygen atoms in total. The summed E-state index contributed by atoms with van der Waals surface area (Å²) in [5.41, 5.74) is 2.82. The third-order valence-electron chi connectivity index (χ3n) is 5.22. The van der Waals surface area contributed by atoms with Crippen molar-refractivity contribution < 1.29 is 5.11 Å². The van der Waals surface area contributed by atoms with E-state index in [-0.39, 0.29) is 24.0 Å². The Morgan fingerprint density at radius 2 is 2.00 bits per heavy atom. The number of nitrogens with one attached hydrogen (secondary N) is 2. The van der Waals surface area contributed by atoms with Crippen LogP contribution >= 0.6 is 35.3 Å². The summed E-state index contributed by atoms with van der Waals surface area (Å²) < 4.78 is 0. The fraction of sp³-hybridized carbons (Fsp3) is 0.522. The van der Waals surface area contributed by atoms with Gasteiger partial charge in [-0.3, -0.25) is 9.89 Å². The molecule has 0 spiro atoms. The lowest BCUT2D eigenvalue weighted by atomic mass is 10.00. The number of guanidine groups is 1. The fourth-order valence-electron chi connectivity index (χ4n) is 3.71. The number of aliphatic imine (C=N–C) groups is 1. The van der Waals surface area contributed by atoms with Gasteiger partial charge >= 0.3 is 0 Å². The van der Waals surface area contributed by atoms with E-state index in [0.717, 1.165) is 45.0 Å². The van der Waals surface area contributed by atoms with E-state index in [2.05, 4.69) is 71.2 Å². The summed E-state index contributed by atoms with van der Waals surface area (Å²) in [7, 11) is 0. The maximum atomic E-state index is 10.5. The quantitative estimate of drug-likeness (QED) is 0.258. The number of benzene rings is 1. The second-order valence-corrected chi connectivity index (χ2v) is 8.93. The molecule has 7 heteroatoms. The van der Waals surface area contributed by atoms with E-state index in [1.54, 1.807) is 11.3 Å². The average Bonchev–Trinajstić information content (AvgIpc) is 3.23. The number of β-amino-alcohol motifs (C(OH)–C–C–N with tert-alkyl or cyclic N) is 1. The topological polar surface area (TPSA) is 59.9 Å². The van der Waals surface area contributed by atoms with Gasteiger partial charge in [0.2, 0.25) is 0 Å². The molecule has 0 bridgehead atoms. The van der Waals surface area contributed by atoms with E-state index >= 15 is 0 Å². The monoisotopic (exact) mass is 542 g/mol. The zero-order valence-corrected chi connectivity index (χ0v) is 21.2. The first-order valence-electron chi connectivity index (χ1n) is 10.7. The first-order chi connectivity index (χ1) is 14.1. The Morgan fingerprint density at radius 1 is 1.20 bits per heavy atom. The molecule has 0 saturated heterocycles. The van der Waals surface area contributed by atoms with Crippen molar-refractivity contribution in [1.82, 2.24) is 15.5 Å². The minimum Gasteiger partial charge on any atom is -0.390 e. The molecular formula is C23H35IN4OS. The largest absolute Gasteiger partial charge is 0.390 e. The van der Waals surface area contributed by atoms with Crippen molar-refractivity contribution in [2.75, 3.05) is 32.7 Å². The summed E-state index contributed by atoms with van der Waals surface area (Å²) in [5, 5.41) is 19.2. The van der Waals surface area contributed by atoms with Crippen molar-refractivity contribution in [1.29, 1.82) is 0 Å². The molecule has 0 saturated carbocycles. The summed E-state index contributed by atoms with van der Waals surface area (Å²) in [6.07, 6.45) is 1.69. The number of rotatable bonds is 9. The smallest absolute Gasteiger partial charge is 0.191 e. The van der Waals surface area contributed by atoms with Crippen molar-refractivity contribution in [2.45, 2.75) is 39.3 Å². The minimum atomic E-state index is -0.423. The van der Waals surface area contributed by atoms with Gasteiger partial charge in [-0.1, -0.05) is 37.3 Å². The van der Waals surface area contributed by atoms with Crippen LogP contribution in [0.15, 0.2) is 46.8 Å². The number of hydrogen-bond acceptors (Lipinski definition) is 4. The molecule has 0 aliphatic carbocycles. The van der Waals surface area contributed by atoms with Gasteiger partial charge in [-0.25, -0.2) is 0 Å². The van der Waals surface area contributed by atoms with Gasteiger partial charge in [0.05, 0.1) is 6.10 Å². The lowest BCUT2D eigenvalue weighted by Gasteiger charge is -2.30. The second-order valence-electron chi connectivity index (χ2n) is 7.90. The second kappa shape index (κ2) is 13.3. The number of nitrogens with zero attached hydrogens (tertiary/aromatic N) is 2. The third-order valence-corrected chi connectivity index (χ3v) is 6.12. The molecule has 3 N–H and O–H groups in total. The number of thiophene rings is 1. The molecule has 30 heavy (non-hydrogen) atoms. The Kier molecular flexibility index (Phi) is 11.1. The Labute approximate surface area is 202 Å². The zero-order chi connectivity index (χ0) is 20.5. The van der Waals surface area contributed by atoms with E-state index in [1.807, 2.05) is 0 Å². The summed E-state index contributed by atoms with van der Waals surface area (Å²) in [6.45, 7) is 8.98. The van der Waals surface area contributed by atoms with Gasteiger partial charge in [-0.2, -0.15) is 0 Å². The van der Waals surface area contributed by atoms with Crippen LogP contribution in [-0.4, -0.2) is 54.8 Å². The summed E-state index contributed by atoms with van der Waals surface area (Å²) in [4.78, 5) is 8.46. The summed E-state index contributed by atoms with van der Waals surface area (Å²) >= 11 is 1.80. The van der Waals surface area contributed by atoms with Crippen LogP contribution in [0.25, 0.3) is 0 Å². The SMILES string of the molecule is CCNC(=NCC(C)Cc1cccs1)NCC(O)CN1CCc2ccccc2C1.I. The van der Waals surface area contributed by atoms with Crippen LogP contribution in [0.4, 0.5) is 0 Å². The van der Waals surface area contributed by atoms with Gasteiger partial charge in [0.25, 0.3) is 0 Å². The van der Waals surface area contributed by atoms with Crippen LogP contribution in [-0.2, 0) is 19.4 Å². The van der Waals surface area contributed by atoms with E-state index in [9.17, 15) is 5.11 Å². The molecule has 1 aromatic carbocycles. The Morgan fingerprint density at radius 3 is 2.73 bits per heavy atom. The first-order valence-corrected chi connectivity index (χ1v) is 11.5. The highest BCUT2D eigenvalue weighted by Crippen LogP contribution is 2.18. The van der Waals surface area contributed by atoms with Crippen LogP contribution < -0.4 is 10.6 Å². The van der Waals surface area contributed by atoms with Crippen molar-refractivity contribution in [2.24, 2.45) is 10.9 Å². The molecule has 2 unspecified atom stereocenters. The molecular weight excluding hydrogens is 507 g/mol. The fourth-order valence-corrected chi connectivity index (χ4v) is 4.58. The number of fused-ring (bicyclic) bond motifs is 1. The Bertz CT molecular complexity index is 768. The maximum absolute atomic E-state index is 10.5. The normalized spacial score (nSPS) is 16.3. The standard InChI is InChI=1S/C23H34N4OS.HI/c1-3-24-23(25-14-18(2)13-22-9-6-12-29-22)26-15-21(28)17-27-11-10-19-7-4-5-8-20(19)16-27;/h4-9,12,18,21,28H,3,10-11,13-17H2,1-2H3,(H2,24,25,26);1H. The third kappa shape index (κ3) is 8.17. The molecule has 2 aromatic rings. The zero-order valence-electron chi connectivity index (χ0n) is 18.0. The molecule has 166 valence electrons. The number of halogens is 1. The summed E-state index contributed by atoms with van der Waals surface area (Å²) in [6, 6.07) is 12.9. The van der Waals surface area contributed by atoms with Gasteiger partial charge < -0.3 is 15.7 Å². The molecule has 0 fully saturated rings. The Balaban J connectivity index is 0.00000320. The number of hydrogen-bond donors (Lipinski definition) is 3. The molecule has 1 aliphatic heterocycles. The van der Waals surface area contributed by atoms with Gasteiger partial charge in [0, 0.05) is 44.1 Å². The molecule has 0 amide bonds. The van der Waals surface area contributed by atoms with E-state index in [0.29, 0.717) is 19.0 Å². The summed E-state index contributed by atoms with van der Waals surface area (Å²) in [5.74, 6) is 1.27. The maximum Gasteiger partial charge on any atom is 0.191 e. The van der Waals surface area contributed by atoms with Gasteiger partial charge in [0.1, 0.15) is 0 Å². The van der Waals surface area contributed by atoms with E-state index < -0.39 is 6.10 Å². The van der Waals surface area contributed by atoms with Crippen molar-refractivity contribution >= 4 is 41.3 Å². The van der Waals surface area contributed by atoms with Crippen LogP contribution in [0, 0.1) is 5.92 Å². The van der Waals surface area contributed by atoms with Crippen LogP contribution in [0.5, 0.6) is 0 Å². The first kappa shape index (κ1) is 25.1. The van der Waals surface area contributed by atoms with Crippen LogP contribution in [0.3, 0.4) is 0 Å². The highest BCUT2D eigenvalue weighted by Gasteiger charge is 2.18. The minimum absolute atomic E-state index is 0. The lowest BCUT2D eigenvalue weighted by Crippen LogP contribution is -2.45. The van der Waals surface area contributed by atoms with Crippen molar-refractivity contribution in [3.05, 3.63) is 57.8 Å². The van der Waals surface area contributed by atoms with Gasteiger partial charge in [-0.15, -0.1) is 35.3 Å². The van der Waals surface area contributed by atoms with E-state index in [4.69, 9.17) is 4.99 Å². The molecule has 1 aromatic heterocycles. The van der Waals surface area contributed by atoms with Gasteiger partial charge in [0.15, 0.2) is 5.96 Å². The Hall–Kier alpha value is -1.16. The highest BCUT2D eigenvalue weighted by molar-refractivity contribution is 14.0. The molecule has 3 rings (SSSR count). The number of aliphatic hydroxyl groups is 1. The average molecular weight is 543 g/mol. The molecule has 0 radical (unpaired) electrons. The molecule has 2 heterocycles.